The molecule has 3 nitrogen and oxygen atoms in total. The van der Waals surface area contributed by atoms with Crippen molar-refractivity contribution in [3.8, 4) is 5.75 Å². The largest absolute Gasteiger partial charge is 0.483 e. The average Bonchev–Trinajstić information content (AvgIpc) is 2.27. The van der Waals surface area contributed by atoms with Crippen LogP contribution in [0.5, 0.6) is 5.75 Å². The van der Waals surface area contributed by atoms with E-state index in [-0.39, 0.29) is 4.75 Å². The highest BCUT2D eigenvalue weighted by molar-refractivity contribution is 9.10. The minimum atomic E-state index is -1.17. The van der Waals surface area contributed by atoms with Gasteiger partial charge in [0, 0.05) is 10.0 Å². The van der Waals surface area contributed by atoms with Gasteiger partial charge in [0.15, 0.2) is 0 Å². The standard InChI is InChI=1S/C15H20BrNO2S/c1-14(2,3)20(18)17-12-9-15(4,5)19-13-7-6-10(16)8-11(12)13/h6-9,17H,1-5H3. The zero-order chi connectivity index (χ0) is 15.1. The monoisotopic (exact) mass is 357 g/mol. The molecule has 5 heteroatoms. The predicted molar refractivity (Wildman–Crippen MR) is 87.9 cm³/mol. The van der Waals surface area contributed by atoms with E-state index in [1.165, 1.54) is 0 Å². The van der Waals surface area contributed by atoms with Gasteiger partial charge in [-0.1, -0.05) is 15.9 Å². The minimum Gasteiger partial charge on any atom is -0.483 e. The first-order valence-corrected chi connectivity index (χ1v) is 8.43. The first-order chi connectivity index (χ1) is 9.08. The van der Waals surface area contributed by atoms with Crippen molar-refractivity contribution in [1.82, 2.24) is 4.72 Å². The van der Waals surface area contributed by atoms with Crippen LogP contribution >= 0.6 is 15.9 Å². The van der Waals surface area contributed by atoms with Crippen molar-refractivity contribution < 1.29 is 8.95 Å². The lowest BCUT2D eigenvalue weighted by atomic mass is 10.00. The molecule has 1 N–H and O–H groups in total. The van der Waals surface area contributed by atoms with Gasteiger partial charge in [0.1, 0.15) is 22.3 Å². The zero-order valence-corrected chi connectivity index (χ0v) is 14.8. The maximum atomic E-state index is 12.3. The van der Waals surface area contributed by atoms with E-state index >= 15 is 0 Å². The fraction of sp³-hybridized carbons (Fsp3) is 0.467. The van der Waals surface area contributed by atoms with Crippen LogP contribution in [0, 0.1) is 0 Å². The summed E-state index contributed by atoms with van der Waals surface area (Å²) in [5.74, 6) is 0.800. The molecule has 1 aromatic rings. The number of nitrogens with one attached hydrogen (secondary N) is 1. The van der Waals surface area contributed by atoms with E-state index < -0.39 is 16.6 Å². The molecule has 0 spiro atoms. The number of fused-ring (bicyclic) bond motifs is 1. The summed E-state index contributed by atoms with van der Waals surface area (Å²) in [5, 5.41) is 0. The third-order valence-corrected chi connectivity index (χ3v) is 4.87. The fourth-order valence-corrected chi connectivity index (χ4v) is 2.91. The molecular weight excluding hydrogens is 338 g/mol. The number of benzene rings is 1. The summed E-state index contributed by atoms with van der Waals surface area (Å²) in [7, 11) is -1.17. The maximum Gasteiger partial charge on any atom is 0.130 e. The number of ether oxygens (including phenoxy) is 1. The number of halogens is 1. The molecular formula is C15H20BrNO2S. The SMILES string of the molecule is CC1(C)C=C(NS(=O)C(C)(C)C)c2cc(Br)ccc2O1. The highest BCUT2D eigenvalue weighted by atomic mass is 79.9. The van der Waals surface area contributed by atoms with Gasteiger partial charge in [-0.05, 0) is 58.9 Å². The first kappa shape index (κ1) is 15.6. The van der Waals surface area contributed by atoms with Crippen molar-refractivity contribution in [1.29, 1.82) is 0 Å². The Hall–Kier alpha value is -0.810. The van der Waals surface area contributed by atoms with Gasteiger partial charge in [-0.2, -0.15) is 0 Å². The van der Waals surface area contributed by atoms with Crippen molar-refractivity contribution in [3.05, 3.63) is 34.3 Å². The Balaban J connectivity index is 2.42. The van der Waals surface area contributed by atoms with Crippen LogP contribution in [-0.2, 0) is 11.0 Å². The molecule has 0 bridgehead atoms. The second-order valence-electron chi connectivity index (χ2n) is 6.39. The zero-order valence-electron chi connectivity index (χ0n) is 12.4. The van der Waals surface area contributed by atoms with Gasteiger partial charge in [-0.15, -0.1) is 0 Å². The van der Waals surface area contributed by atoms with Crippen molar-refractivity contribution in [2.75, 3.05) is 0 Å². The van der Waals surface area contributed by atoms with E-state index in [4.69, 9.17) is 4.74 Å². The summed E-state index contributed by atoms with van der Waals surface area (Å²) >= 11 is 3.47. The van der Waals surface area contributed by atoms with E-state index in [9.17, 15) is 4.21 Å². The summed E-state index contributed by atoms with van der Waals surface area (Å²) in [4.78, 5) is 0. The highest BCUT2D eigenvalue weighted by Crippen LogP contribution is 2.36. The Labute approximate surface area is 131 Å². The van der Waals surface area contributed by atoms with Gasteiger partial charge in [0.2, 0.25) is 0 Å². The molecule has 1 atom stereocenters. The lowest BCUT2D eigenvalue weighted by Crippen LogP contribution is -2.36. The van der Waals surface area contributed by atoms with Crippen LogP contribution in [0.4, 0.5) is 0 Å². The molecule has 0 amide bonds. The molecule has 1 heterocycles. The van der Waals surface area contributed by atoms with Gasteiger partial charge in [0.25, 0.3) is 0 Å². The molecule has 1 aliphatic heterocycles. The first-order valence-electron chi connectivity index (χ1n) is 6.49. The van der Waals surface area contributed by atoms with Gasteiger partial charge >= 0.3 is 0 Å². The van der Waals surface area contributed by atoms with Crippen molar-refractivity contribution >= 4 is 32.6 Å². The maximum absolute atomic E-state index is 12.3. The van der Waals surface area contributed by atoms with Gasteiger partial charge in [-0.25, -0.2) is 4.21 Å². The van der Waals surface area contributed by atoms with Crippen molar-refractivity contribution in [3.63, 3.8) is 0 Å². The second-order valence-corrected chi connectivity index (χ2v) is 9.27. The molecule has 1 unspecified atom stereocenters. The summed E-state index contributed by atoms with van der Waals surface area (Å²) in [6, 6.07) is 5.84. The molecule has 1 aromatic carbocycles. The molecule has 0 fully saturated rings. The number of hydrogen-bond donors (Lipinski definition) is 1. The Morgan fingerprint density at radius 2 is 1.95 bits per heavy atom. The van der Waals surface area contributed by atoms with Gasteiger partial charge < -0.3 is 9.46 Å². The number of hydrogen-bond acceptors (Lipinski definition) is 2. The highest BCUT2D eigenvalue weighted by Gasteiger charge is 2.29. The summed E-state index contributed by atoms with van der Waals surface area (Å²) in [5.41, 5.74) is 1.35. The molecule has 1 aliphatic rings. The summed E-state index contributed by atoms with van der Waals surface area (Å²) in [6.07, 6.45) is 1.98. The van der Waals surface area contributed by atoms with Crippen LogP contribution in [0.3, 0.4) is 0 Å². The number of rotatable bonds is 2. The lowest BCUT2D eigenvalue weighted by molar-refractivity contribution is 0.157. The van der Waals surface area contributed by atoms with Crippen LogP contribution in [0.25, 0.3) is 5.70 Å². The molecule has 0 aliphatic carbocycles. The van der Waals surface area contributed by atoms with E-state index in [1.54, 1.807) is 0 Å². The molecule has 20 heavy (non-hydrogen) atoms. The van der Waals surface area contributed by atoms with E-state index in [0.29, 0.717) is 0 Å². The van der Waals surface area contributed by atoms with Gasteiger partial charge in [-0.3, -0.25) is 0 Å². The molecule has 110 valence electrons. The van der Waals surface area contributed by atoms with E-state index in [1.807, 2.05) is 58.9 Å². The fourth-order valence-electron chi connectivity index (χ4n) is 1.88. The summed E-state index contributed by atoms with van der Waals surface area (Å²) < 4.78 is 22.1. The van der Waals surface area contributed by atoms with E-state index in [2.05, 4.69) is 20.7 Å². The normalized spacial score (nSPS) is 18.6. The smallest absolute Gasteiger partial charge is 0.130 e. The van der Waals surface area contributed by atoms with Crippen molar-refractivity contribution in [2.24, 2.45) is 0 Å². The van der Waals surface area contributed by atoms with Crippen LogP contribution < -0.4 is 9.46 Å². The third kappa shape index (κ3) is 3.44. The van der Waals surface area contributed by atoms with Crippen LogP contribution in [-0.4, -0.2) is 14.6 Å². The minimum absolute atomic E-state index is 0.324. The topological polar surface area (TPSA) is 38.3 Å². The summed E-state index contributed by atoms with van der Waals surface area (Å²) in [6.45, 7) is 9.81. The van der Waals surface area contributed by atoms with E-state index in [0.717, 1.165) is 21.5 Å². The average molecular weight is 358 g/mol. The third-order valence-electron chi connectivity index (χ3n) is 2.86. The molecule has 0 aromatic heterocycles. The molecule has 0 radical (unpaired) electrons. The van der Waals surface area contributed by atoms with Gasteiger partial charge in [0.05, 0.1) is 10.4 Å². The van der Waals surface area contributed by atoms with Crippen LogP contribution in [0.15, 0.2) is 28.7 Å². The molecule has 0 saturated carbocycles. The van der Waals surface area contributed by atoms with Crippen molar-refractivity contribution in [2.45, 2.75) is 45.0 Å². The Kier molecular flexibility index (Phi) is 4.04. The lowest BCUT2D eigenvalue weighted by Gasteiger charge is -2.32. The molecule has 0 saturated heterocycles. The van der Waals surface area contributed by atoms with Crippen LogP contribution in [0.1, 0.15) is 40.2 Å². The quantitative estimate of drug-likeness (QED) is 0.868. The Bertz CT molecular complexity index is 588. The predicted octanol–water partition coefficient (Wildman–Crippen LogP) is 4.01. The molecule has 2 rings (SSSR count). The Morgan fingerprint density at radius 1 is 1.30 bits per heavy atom. The Morgan fingerprint density at radius 3 is 2.55 bits per heavy atom. The second kappa shape index (κ2) is 5.19. The van der Waals surface area contributed by atoms with Crippen LogP contribution in [0.2, 0.25) is 0 Å².